The number of nitrogens with zero attached hydrogens (tertiary/aromatic N) is 2. The van der Waals surface area contributed by atoms with Gasteiger partial charge in [-0.3, -0.25) is 9.59 Å². The second-order valence-electron chi connectivity index (χ2n) is 13.0. The van der Waals surface area contributed by atoms with Crippen LogP contribution >= 0.6 is 0 Å². The number of nitrogens with one attached hydrogen (secondary N) is 2. The summed E-state index contributed by atoms with van der Waals surface area (Å²) in [7, 11) is -7.79. The average molecular weight is 705 g/mol. The van der Waals surface area contributed by atoms with E-state index in [1.807, 2.05) is 0 Å². The number of pyridine rings is 2. The summed E-state index contributed by atoms with van der Waals surface area (Å²) in [6.07, 6.45) is -8.35. The fourth-order valence-electron chi connectivity index (χ4n) is 3.65. The Bertz CT molecular complexity index is 1530. The van der Waals surface area contributed by atoms with E-state index in [9.17, 15) is 52.8 Å². The molecule has 0 aliphatic carbocycles. The van der Waals surface area contributed by atoms with E-state index in [2.05, 4.69) is 20.6 Å². The molecule has 2 amide bonds. The van der Waals surface area contributed by atoms with Crippen molar-refractivity contribution in [2.45, 2.75) is 101 Å². The molecule has 0 aliphatic heterocycles. The van der Waals surface area contributed by atoms with Crippen molar-refractivity contribution in [3.05, 3.63) is 47.8 Å². The Morgan fingerprint density at radius 2 is 1.04 bits per heavy atom. The fraction of sp³-hybridized carbons (Fsp3) is 0.571. The predicted molar refractivity (Wildman–Crippen MR) is 161 cm³/mol. The number of alkyl halides is 6. The van der Waals surface area contributed by atoms with E-state index in [0.717, 1.165) is 30.5 Å². The summed E-state index contributed by atoms with van der Waals surface area (Å²) in [6, 6.07) is 4.40. The Kier molecular flexibility index (Phi) is 11.6. The molecule has 2 N–H and O–H groups in total. The van der Waals surface area contributed by atoms with Crippen LogP contribution in [0.2, 0.25) is 0 Å². The molecule has 0 saturated heterocycles. The SMILES string of the molecule is CC(C)(C)S(=O)(=O)C(C)(C)C(=O)Nc1cc(C(F)(F)F)ccn1.CC(C)(C)S(=O)(=O)C(C)(C)C(=O)Nc1cccc(C(F)(F)F)n1. The van der Waals surface area contributed by atoms with Crippen molar-refractivity contribution >= 4 is 43.1 Å². The Labute approximate surface area is 264 Å². The first kappa shape index (κ1) is 40.7. The monoisotopic (exact) mass is 704 g/mol. The molecular formula is C28H38F6N4O6S2. The van der Waals surface area contributed by atoms with Gasteiger partial charge in [0, 0.05) is 6.20 Å². The lowest BCUT2D eigenvalue weighted by Gasteiger charge is -2.31. The van der Waals surface area contributed by atoms with E-state index in [1.165, 1.54) is 69.2 Å². The van der Waals surface area contributed by atoms with Crippen LogP contribution in [-0.4, -0.2) is 57.6 Å². The van der Waals surface area contributed by atoms with Crippen LogP contribution in [0.3, 0.4) is 0 Å². The number of amides is 2. The molecule has 0 unspecified atom stereocenters. The summed E-state index contributed by atoms with van der Waals surface area (Å²) in [6.45, 7) is 13.5. The number of carbonyl (C=O) groups is 2. The molecular weight excluding hydrogens is 666 g/mol. The van der Waals surface area contributed by atoms with E-state index in [-0.39, 0.29) is 11.6 Å². The van der Waals surface area contributed by atoms with Gasteiger partial charge in [-0.05, 0) is 93.5 Å². The van der Waals surface area contributed by atoms with Crippen LogP contribution < -0.4 is 10.6 Å². The first-order valence-electron chi connectivity index (χ1n) is 13.4. The zero-order chi connectivity index (χ0) is 36.5. The molecule has 0 atom stereocenters. The molecule has 0 aliphatic rings. The van der Waals surface area contributed by atoms with Gasteiger partial charge in [0.25, 0.3) is 0 Å². The lowest BCUT2D eigenvalue weighted by Crippen LogP contribution is -2.51. The number of hydrogen-bond acceptors (Lipinski definition) is 8. The molecule has 2 aromatic rings. The Balaban J connectivity index is 0.000000460. The number of aromatic nitrogens is 2. The number of sulfone groups is 2. The van der Waals surface area contributed by atoms with E-state index < -0.39 is 74.1 Å². The zero-order valence-electron chi connectivity index (χ0n) is 26.9. The highest BCUT2D eigenvalue weighted by atomic mass is 32.2. The Morgan fingerprint density at radius 3 is 1.41 bits per heavy atom. The summed E-state index contributed by atoms with van der Waals surface area (Å²) < 4.78 is 120. The van der Waals surface area contributed by atoms with E-state index >= 15 is 0 Å². The Hall–Kier alpha value is -3.28. The molecule has 0 radical (unpaired) electrons. The predicted octanol–water partition coefficient (Wildman–Crippen LogP) is 6.06. The van der Waals surface area contributed by atoms with Crippen LogP contribution in [-0.2, 0) is 41.6 Å². The van der Waals surface area contributed by atoms with Crippen LogP contribution in [0.4, 0.5) is 38.0 Å². The van der Waals surface area contributed by atoms with Crippen molar-refractivity contribution in [3.8, 4) is 0 Å². The van der Waals surface area contributed by atoms with E-state index in [1.54, 1.807) is 0 Å². The van der Waals surface area contributed by atoms with Crippen LogP contribution in [0.5, 0.6) is 0 Å². The van der Waals surface area contributed by atoms with Gasteiger partial charge in [0.1, 0.15) is 26.8 Å². The van der Waals surface area contributed by atoms with Gasteiger partial charge < -0.3 is 10.6 Å². The molecule has 18 heteroatoms. The molecule has 0 bridgehead atoms. The third-order valence-electron chi connectivity index (χ3n) is 6.66. The fourth-order valence-corrected chi connectivity index (χ4v) is 7.30. The molecule has 0 aromatic carbocycles. The highest BCUT2D eigenvalue weighted by molar-refractivity contribution is 7.95. The number of hydrogen-bond donors (Lipinski definition) is 2. The van der Waals surface area contributed by atoms with Crippen molar-refractivity contribution in [2.24, 2.45) is 0 Å². The Morgan fingerprint density at radius 1 is 0.630 bits per heavy atom. The second-order valence-corrected chi connectivity index (χ2v) is 19.5. The molecule has 0 fully saturated rings. The maximum atomic E-state index is 12.6. The van der Waals surface area contributed by atoms with Gasteiger partial charge >= 0.3 is 12.4 Å². The summed E-state index contributed by atoms with van der Waals surface area (Å²) in [5, 5.41) is 4.29. The molecule has 10 nitrogen and oxygen atoms in total. The van der Waals surface area contributed by atoms with Gasteiger partial charge in [-0.2, -0.15) is 26.3 Å². The number of rotatable bonds is 6. The van der Waals surface area contributed by atoms with E-state index in [4.69, 9.17) is 0 Å². The summed E-state index contributed by atoms with van der Waals surface area (Å²) in [4.78, 5) is 31.5. The third kappa shape index (κ3) is 8.95. The minimum Gasteiger partial charge on any atom is -0.309 e. The van der Waals surface area contributed by atoms with Crippen molar-refractivity contribution in [1.82, 2.24) is 9.97 Å². The molecule has 0 saturated carbocycles. The van der Waals surface area contributed by atoms with Gasteiger partial charge in [-0.15, -0.1) is 0 Å². The normalized spacial score (nSPS) is 13.7. The van der Waals surface area contributed by atoms with Gasteiger partial charge in [0.05, 0.1) is 15.1 Å². The average Bonchev–Trinajstić information content (AvgIpc) is 2.86. The number of carbonyl (C=O) groups excluding carboxylic acids is 2. The lowest BCUT2D eigenvalue weighted by molar-refractivity contribution is -0.141. The van der Waals surface area contributed by atoms with Gasteiger partial charge in [-0.25, -0.2) is 26.8 Å². The number of anilines is 2. The maximum absolute atomic E-state index is 12.6. The first-order chi connectivity index (χ1) is 20.2. The van der Waals surface area contributed by atoms with Gasteiger partial charge in [0.15, 0.2) is 19.7 Å². The zero-order valence-corrected chi connectivity index (χ0v) is 28.5. The van der Waals surface area contributed by atoms with Crippen LogP contribution in [0.15, 0.2) is 36.5 Å². The first-order valence-corrected chi connectivity index (χ1v) is 16.4. The van der Waals surface area contributed by atoms with Gasteiger partial charge in [-0.1, -0.05) is 6.07 Å². The largest absolute Gasteiger partial charge is 0.433 e. The van der Waals surface area contributed by atoms with Crippen molar-refractivity contribution in [1.29, 1.82) is 0 Å². The van der Waals surface area contributed by atoms with Gasteiger partial charge in [0.2, 0.25) is 11.8 Å². The summed E-state index contributed by atoms with van der Waals surface area (Å²) in [5.74, 6) is -2.61. The highest BCUT2D eigenvalue weighted by Crippen LogP contribution is 2.33. The van der Waals surface area contributed by atoms with Crippen molar-refractivity contribution < 1.29 is 52.8 Å². The molecule has 46 heavy (non-hydrogen) atoms. The van der Waals surface area contributed by atoms with E-state index in [0.29, 0.717) is 6.07 Å². The lowest BCUT2D eigenvalue weighted by atomic mass is 10.2. The maximum Gasteiger partial charge on any atom is 0.433 e. The number of halogens is 6. The molecule has 2 rings (SSSR count). The minimum absolute atomic E-state index is 0.359. The third-order valence-corrected chi connectivity index (χ3v) is 12.9. The minimum atomic E-state index is -4.66. The molecule has 260 valence electrons. The quantitative estimate of drug-likeness (QED) is 0.345. The van der Waals surface area contributed by atoms with Crippen LogP contribution in [0, 0.1) is 0 Å². The van der Waals surface area contributed by atoms with Crippen LogP contribution in [0.1, 0.15) is 80.5 Å². The molecule has 2 aromatic heterocycles. The standard InChI is InChI=1S/2C14H19F3N2O3S/c1-12(2,3)23(21,22)13(4,5)11(20)19-10-8-9(6-7-18-10)14(15,16)17;1-12(2,3)23(21,22)13(4,5)11(20)19-10-8-6-7-9(18-10)14(15,16)17/h2*6-8H,1-5H3,(H,18,19,20). The van der Waals surface area contributed by atoms with Crippen LogP contribution in [0.25, 0.3) is 0 Å². The second kappa shape index (κ2) is 13.1. The van der Waals surface area contributed by atoms with Crippen molar-refractivity contribution in [3.63, 3.8) is 0 Å². The smallest absolute Gasteiger partial charge is 0.309 e. The molecule has 2 heterocycles. The topological polar surface area (TPSA) is 152 Å². The summed E-state index contributed by atoms with van der Waals surface area (Å²) >= 11 is 0. The highest BCUT2D eigenvalue weighted by Gasteiger charge is 2.49. The molecule has 0 spiro atoms. The van der Waals surface area contributed by atoms with Crippen molar-refractivity contribution in [2.75, 3.05) is 10.6 Å². The summed E-state index contributed by atoms with van der Waals surface area (Å²) in [5.41, 5.74) is -2.16.